The Hall–Kier alpha value is -1.90. The minimum Gasteiger partial charge on any atom is -0.229 e. The van der Waals surface area contributed by atoms with Crippen LogP contribution in [0.15, 0.2) is 41.7 Å². The standard InChI is InChI=1S/C18H17N3S2/c1-3-14-9-16-17(22-14)20-11-21-18(16)23-15(10-19)8-13-6-4-12(2)5-7-13/h4-7,9,11,15H,3,8H2,1-2H3/t15-/m1/s1. The van der Waals surface area contributed by atoms with Gasteiger partial charge in [-0.05, 0) is 31.4 Å². The van der Waals surface area contributed by atoms with Gasteiger partial charge >= 0.3 is 0 Å². The Kier molecular flexibility index (Phi) is 4.94. The van der Waals surface area contributed by atoms with Crippen molar-refractivity contribution >= 4 is 33.3 Å². The van der Waals surface area contributed by atoms with Crippen molar-refractivity contribution in [2.24, 2.45) is 0 Å². The Morgan fingerprint density at radius 1 is 1.26 bits per heavy atom. The van der Waals surface area contributed by atoms with E-state index in [1.165, 1.54) is 27.8 Å². The molecule has 3 rings (SSSR count). The summed E-state index contributed by atoms with van der Waals surface area (Å²) in [5, 5.41) is 11.3. The summed E-state index contributed by atoms with van der Waals surface area (Å²) in [6.07, 6.45) is 3.31. The summed E-state index contributed by atoms with van der Waals surface area (Å²) in [7, 11) is 0. The SMILES string of the molecule is CCc1cc2c(S[C@@H](C#N)Cc3ccc(C)cc3)ncnc2s1. The zero-order chi connectivity index (χ0) is 16.2. The lowest BCUT2D eigenvalue weighted by Crippen LogP contribution is -2.04. The molecule has 3 nitrogen and oxygen atoms in total. The molecule has 0 aliphatic rings. The van der Waals surface area contributed by atoms with Crippen LogP contribution in [0.2, 0.25) is 0 Å². The predicted molar refractivity (Wildman–Crippen MR) is 96.9 cm³/mol. The van der Waals surface area contributed by atoms with Gasteiger partial charge < -0.3 is 0 Å². The summed E-state index contributed by atoms with van der Waals surface area (Å²) >= 11 is 3.24. The number of rotatable bonds is 5. The molecule has 0 unspecified atom stereocenters. The number of nitriles is 1. The fraction of sp³-hybridized carbons (Fsp3) is 0.278. The first-order chi connectivity index (χ1) is 11.2. The van der Waals surface area contributed by atoms with Gasteiger partial charge in [0, 0.05) is 10.3 Å². The minimum absolute atomic E-state index is 0.152. The third kappa shape index (κ3) is 3.72. The van der Waals surface area contributed by atoms with Gasteiger partial charge in [0.1, 0.15) is 21.4 Å². The van der Waals surface area contributed by atoms with Crippen molar-refractivity contribution in [2.45, 2.75) is 37.0 Å². The molecule has 1 atom stereocenters. The summed E-state index contributed by atoms with van der Waals surface area (Å²) in [5.41, 5.74) is 2.41. The lowest BCUT2D eigenvalue weighted by atomic mass is 10.1. The van der Waals surface area contributed by atoms with Crippen LogP contribution >= 0.6 is 23.1 Å². The normalized spacial score (nSPS) is 12.2. The lowest BCUT2D eigenvalue weighted by Gasteiger charge is -2.09. The van der Waals surface area contributed by atoms with Gasteiger partial charge in [-0.2, -0.15) is 5.26 Å². The summed E-state index contributed by atoms with van der Waals surface area (Å²) in [4.78, 5) is 11.1. The Bertz CT molecular complexity index is 847. The second-order valence-corrected chi connectivity index (χ2v) is 7.70. The predicted octanol–water partition coefficient (Wildman–Crippen LogP) is 4.79. The fourth-order valence-electron chi connectivity index (χ4n) is 2.34. The molecule has 0 saturated heterocycles. The molecular weight excluding hydrogens is 322 g/mol. The second-order valence-electron chi connectivity index (χ2n) is 5.39. The van der Waals surface area contributed by atoms with Crippen LogP contribution in [0, 0.1) is 18.3 Å². The molecule has 1 aromatic carbocycles. The minimum atomic E-state index is -0.152. The van der Waals surface area contributed by atoms with Crippen LogP contribution in [-0.2, 0) is 12.8 Å². The van der Waals surface area contributed by atoms with E-state index in [9.17, 15) is 5.26 Å². The van der Waals surface area contributed by atoms with E-state index in [4.69, 9.17) is 0 Å². The van der Waals surface area contributed by atoms with Crippen LogP contribution in [0.25, 0.3) is 10.2 Å². The number of aryl methyl sites for hydroxylation is 2. The molecule has 0 fully saturated rings. The highest BCUT2D eigenvalue weighted by Crippen LogP contribution is 2.33. The average Bonchev–Trinajstić information content (AvgIpc) is 3.00. The van der Waals surface area contributed by atoms with Crippen LogP contribution in [0.5, 0.6) is 0 Å². The molecule has 0 amide bonds. The number of hydrogen-bond acceptors (Lipinski definition) is 5. The van der Waals surface area contributed by atoms with Crippen LogP contribution in [-0.4, -0.2) is 15.2 Å². The summed E-state index contributed by atoms with van der Waals surface area (Å²) in [6.45, 7) is 4.21. The molecule has 2 aromatic heterocycles. The van der Waals surface area contributed by atoms with Gasteiger partial charge in [0.15, 0.2) is 0 Å². The smallest absolute Gasteiger partial charge is 0.128 e. The monoisotopic (exact) mass is 339 g/mol. The Labute approximate surface area is 144 Å². The van der Waals surface area contributed by atoms with E-state index < -0.39 is 0 Å². The number of thiophene rings is 1. The number of benzene rings is 1. The van der Waals surface area contributed by atoms with E-state index in [0.717, 1.165) is 28.1 Å². The number of nitrogens with zero attached hydrogens (tertiary/aromatic N) is 3. The molecule has 0 radical (unpaired) electrons. The number of fused-ring (bicyclic) bond motifs is 1. The molecule has 2 heterocycles. The quantitative estimate of drug-likeness (QED) is 0.495. The number of aromatic nitrogens is 2. The third-order valence-electron chi connectivity index (χ3n) is 3.63. The van der Waals surface area contributed by atoms with Crippen LogP contribution in [0.1, 0.15) is 22.9 Å². The van der Waals surface area contributed by atoms with Crippen molar-refractivity contribution < 1.29 is 0 Å². The van der Waals surface area contributed by atoms with Crippen LogP contribution in [0.3, 0.4) is 0 Å². The zero-order valence-electron chi connectivity index (χ0n) is 13.1. The molecule has 3 aromatic rings. The molecule has 116 valence electrons. The highest BCUT2D eigenvalue weighted by Gasteiger charge is 2.15. The molecule has 5 heteroatoms. The summed E-state index contributed by atoms with van der Waals surface area (Å²) in [5.74, 6) is 0. The summed E-state index contributed by atoms with van der Waals surface area (Å²) in [6, 6.07) is 12.9. The van der Waals surface area contributed by atoms with E-state index in [2.05, 4.69) is 60.2 Å². The van der Waals surface area contributed by atoms with Gasteiger partial charge in [-0.3, -0.25) is 0 Å². The van der Waals surface area contributed by atoms with Crippen molar-refractivity contribution in [2.75, 3.05) is 0 Å². The molecule has 0 spiro atoms. The average molecular weight is 339 g/mol. The van der Waals surface area contributed by atoms with Crippen molar-refractivity contribution in [3.05, 3.63) is 52.7 Å². The van der Waals surface area contributed by atoms with Crippen LogP contribution in [0.4, 0.5) is 0 Å². The highest BCUT2D eigenvalue weighted by molar-refractivity contribution is 8.00. The second kappa shape index (κ2) is 7.12. The largest absolute Gasteiger partial charge is 0.229 e. The Morgan fingerprint density at radius 2 is 2.04 bits per heavy atom. The maximum Gasteiger partial charge on any atom is 0.128 e. The Morgan fingerprint density at radius 3 is 2.74 bits per heavy atom. The first-order valence-electron chi connectivity index (χ1n) is 7.55. The van der Waals surface area contributed by atoms with E-state index in [1.807, 2.05) is 0 Å². The van der Waals surface area contributed by atoms with Crippen molar-refractivity contribution in [3.8, 4) is 6.07 Å². The van der Waals surface area contributed by atoms with Crippen molar-refractivity contribution in [3.63, 3.8) is 0 Å². The van der Waals surface area contributed by atoms with Gasteiger partial charge in [-0.15, -0.1) is 11.3 Å². The molecule has 0 aliphatic carbocycles. The number of thioether (sulfide) groups is 1. The summed E-state index contributed by atoms with van der Waals surface area (Å²) < 4.78 is 0. The van der Waals surface area contributed by atoms with E-state index in [1.54, 1.807) is 17.7 Å². The molecule has 0 N–H and O–H groups in total. The van der Waals surface area contributed by atoms with Gasteiger partial charge in [-0.1, -0.05) is 48.5 Å². The van der Waals surface area contributed by atoms with Crippen molar-refractivity contribution in [1.29, 1.82) is 5.26 Å². The molecular formula is C18H17N3S2. The molecule has 0 bridgehead atoms. The van der Waals surface area contributed by atoms with Gasteiger partial charge in [0.25, 0.3) is 0 Å². The Balaban J connectivity index is 1.83. The van der Waals surface area contributed by atoms with Crippen LogP contribution < -0.4 is 0 Å². The third-order valence-corrected chi connectivity index (χ3v) is 5.92. The lowest BCUT2D eigenvalue weighted by molar-refractivity contribution is 1.01. The van der Waals surface area contributed by atoms with Gasteiger partial charge in [-0.25, -0.2) is 9.97 Å². The number of hydrogen-bond donors (Lipinski definition) is 0. The van der Waals surface area contributed by atoms with Gasteiger partial charge in [0.2, 0.25) is 0 Å². The van der Waals surface area contributed by atoms with Gasteiger partial charge in [0.05, 0.1) is 6.07 Å². The molecule has 23 heavy (non-hydrogen) atoms. The van der Waals surface area contributed by atoms with E-state index in [0.29, 0.717) is 0 Å². The topological polar surface area (TPSA) is 49.6 Å². The maximum absolute atomic E-state index is 9.52. The van der Waals surface area contributed by atoms with E-state index >= 15 is 0 Å². The fourth-order valence-corrected chi connectivity index (χ4v) is 4.33. The van der Waals surface area contributed by atoms with E-state index in [-0.39, 0.29) is 5.25 Å². The maximum atomic E-state index is 9.52. The molecule has 0 aliphatic heterocycles. The zero-order valence-corrected chi connectivity index (χ0v) is 14.7. The first-order valence-corrected chi connectivity index (χ1v) is 9.24. The highest BCUT2D eigenvalue weighted by atomic mass is 32.2. The molecule has 0 saturated carbocycles. The first kappa shape index (κ1) is 16.0. The van der Waals surface area contributed by atoms with Crippen molar-refractivity contribution in [1.82, 2.24) is 9.97 Å².